The maximum absolute atomic E-state index is 6.14. The summed E-state index contributed by atoms with van der Waals surface area (Å²) in [6.07, 6.45) is 1.81. The average molecular weight is 291 g/mol. The van der Waals surface area contributed by atoms with Crippen molar-refractivity contribution in [2.75, 3.05) is 0 Å². The number of alkyl halides is 1. The molecule has 2 aromatic rings. The lowest BCUT2D eigenvalue weighted by Crippen LogP contribution is -1.92. The second-order valence-electron chi connectivity index (χ2n) is 3.78. The first-order valence-electron chi connectivity index (χ1n) is 5.35. The third-order valence-corrected chi connectivity index (χ3v) is 4.46. The van der Waals surface area contributed by atoms with Crippen molar-refractivity contribution in [2.45, 2.75) is 32.1 Å². The minimum absolute atomic E-state index is 0.197. The number of thiophene rings is 1. The van der Waals surface area contributed by atoms with Crippen LogP contribution in [-0.2, 0) is 0 Å². The van der Waals surface area contributed by atoms with Gasteiger partial charge in [0.25, 0.3) is 5.89 Å². The first-order chi connectivity index (χ1) is 8.13. The molecule has 2 heterocycles. The molecule has 0 saturated heterocycles. The van der Waals surface area contributed by atoms with Gasteiger partial charge < -0.3 is 4.52 Å². The summed E-state index contributed by atoms with van der Waals surface area (Å²) in [4.78, 5) is 5.10. The normalized spacial score (nSPS) is 12.9. The number of aromatic nitrogens is 2. The van der Waals surface area contributed by atoms with Crippen LogP contribution in [0, 0.1) is 6.92 Å². The number of rotatable bonds is 4. The average Bonchev–Trinajstić information content (AvgIpc) is 2.88. The SMILES string of the molecule is CCCC(Cl)c1noc(-c2scc(C)c2Cl)n1. The van der Waals surface area contributed by atoms with Crippen LogP contribution in [0.25, 0.3) is 10.8 Å². The molecule has 0 aromatic carbocycles. The molecular formula is C11H12Cl2N2OS. The molecule has 0 bridgehead atoms. The molecule has 92 valence electrons. The zero-order valence-corrected chi connectivity index (χ0v) is 11.9. The van der Waals surface area contributed by atoms with Crippen molar-refractivity contribution in [3.8, 4) is 10.8 Å². The van der Waals surface area contributed by atoms with Crippen LogP contribution < -0.4 is 0 Å². The summed E-state index contributed by atoms with van der Waals surface area (Å²) in [5.74, 6) is 0.982. The topological polar surface area (TPSA) is 38.9 Å². The van der Waals surface area contributed by atoms with Gasteiger partial charge in [0.05, 0.1) is 10.4 Å². The van der Waals surface area contributed by atoms with E-state index in [1.807, 2.05) is 12.3 Å². The predicted molar refractivity (Wildman–Crippen MR) is 70.9 cm³/mol. The molecule has 0 fully saturated rings. The van der Waals surface area contributed by atoms with Crippen LogP contribution in [0.2, 0.25) is 5.02 Å². The largest absolute Gasteiger partial charge is 0.333 e. The van der Waals surface area contributed by atoms with Crippen molar-refractivity contribution in [3.63, 3.8) is 0 Å². The highest BCUT2D eigenvalue weighted by molar-refractivity contribution is 7.14. The minimum atomic E-state index is -0.197. The summed E-state index contributed by atoms with van der Waals surface area (Å²) in [6.45, 7) is 4.01. The molecule has 0 aliphatic carbocycles. The lowest BCUT2D eigenvalue weighted by Gasteiger charge is -1.99. The van der Waals surface area contributed by atoms with E-state index < -0.39 is 0 Å². The molecule has 0 N–H and O–H groups in total. The van der Waals surface area contributed by atoms with Crippen molar-refractivity contribution >= 4 is 34.5 Å². The number of hydrogen-bond acceptors (Lipinski definition) is 4. The lowest BCUT2D eigenvalue weighted by atomic mass is 10.2. The van der Waals surface area contributed by atoms with E-state index >= 15 is 0 Å². The number of nitrogens with zero attached hydrogens (tertiary/aromatic N) is 2. The van der Waals surface area contributed by atoms with E-state index in [4.69, 9.17) is 27.7 Å². The Bertz CT molecular complexity index is 509. The Morgan fingerprint density at radius 3 is 2.88 bits per heavy atom. The Kier molecular flexibility index (Phi) is 4.07. The Hall–Kier alpha value is -0.580. The van der Waals surface area contributed by atoms with Crippen LogP contribution in [0.4, 0.5) is 0 Å². The summed E-state index contributed by atoms with van der Waals surface area (Å²) >= 11 is 13.8. The second-order valence-corrected chi connectivity index (χ2v) is 5.56. The van der Waals surface area contributed by atoms with Crippen molar-refractivity contribution in [1.82, 2.24) is 10.1 Å². The van der Waals surface area contributed by atoms with Gasteiger partial charge in [-0.1, -0.05) is 30.1 Å². The quantitative estimate of drug-likeness (QED) is 0.756. The second kappa shape index (κ2) is 5.38. The summed E-state index contributed by atoms with van der Waals surface area (Å²) in [7, 11) is 0. The highest BCUT2D eigenvalue weighted by Crippen LogP contribution is 2.36. The van der Waals surface area contributed by atoms with Gasteiger partial charge in [-0.3, -0.25) is 0 Å². The fourth-order valence-corrected chi connectivity index (χ4v) is 2.91. The van der Waals surface area contributed by atoms with E-state index in [1.165, 1.54) is 11.3 Å². The lowest BCUT2D eigenvalue weighted by molar-refractivity contribution is 0.421. The molecule has 6 heteroatoms. The van der Waals surface area contributed by atoms with Gasteiger partial charge in [-0.05, 0) is 24.3 Å². The standard InChI is InChI=1S/C11H12Cl2N2OS/c1-3-4-7(12)10-14-11(16-15-10)9-8(13)6(2)5-17-9/h5,7H,3-4H2,1-2H3. The van der Waals surface area contributed by atoms with Crippen LogP contribution in [0.1, 0.15) is 36.5 Å². The van der Waals surface area contributed by atoms with E-state index in [1.54, 1.807) is 0 Å². The molecule has 1 unspecified atom stereocenters. The smallest absolute Gasteiger partial charge is 0.269 e. The molecule has 0 radical (unpaired) electrons. The van der Waals surface area contributed by atoms with E-state index in [-0.39, 0.29) is 5.38 Å². The highest BCUT2D eigenvalue weighted by atomic mass is 35.5. The third kappa shape index (κ3) is 2.64. The molecule has 0 amide bonds. The first-order valence-corrected chi connectivity index (χ1v) is 7.04. The molecule has 0 saturated carbocycles. The van der Waals surface area contributed by atoms with Gasteiger partial charge in [0, 0.05) is 0 Å². The van der Waals surface area contributed by atoms with E-state index in [0.29, 0.717) is 16.7 Å². The van der Waals surface area contributed by atoms with Gasteiger partial charge in [0.15, 0.2) is 5.82 Å². The maximum atomic E-state index is 6.14. The monoisotopic (exact) mass is 290 g/mol. The Morgan fingerprint density at radius 1 is 1.53 bits per heavy atom. The van der Waals surface area contributed by atoms with Crippen LogP contribution >= 0.6 is 34.5 Å². The van der Waals surface area contributed by atoms with Gasteiger partial charge >= 0.3 is 0 Å². The van der Waals surface area contributed by atoms with Crippen LogP contribution in [0.3, 0.4) is 0 Å². The number of halogens is 2. The summed E-state index contributed by atoms with van der Waals surface area (Å²) in [6, 6.07) is 0. The zero-order chi connectivity index (χ0) is 12.4. The zero-order valence-electron chi connectivity index (χ0n) is 9.54. The fraction of sp³-hybridized carbons (Fsp3) is 0.455. The summed E-state index contributed by atoms with van der Waals surface area (Å²) < 4.78 is 5.19. The Balaban J connectivity index is 2.27. The van der Waals surface area contributed by atoms with Crippen LogP contribution in [0.5, 0.6) is 0 Å². The van der Waals surface area contributed by atoms with E-state index in [2.05, 4.69) is 17.1 Å². The molecule has 0 aliphatic rings. The Morgan fingerprint density at radius 2 is 2.29 bits per heavy atom. The number of aryl methyl sites for hydroxylation is 1. The van der Waals surface area contributed by atoms with Crippen molar-refractivity contribution < 1.29 is 4.52 Å². The molecule has 2 aromatic heterocycles. The van der Waals surface area contributed by atoms with Gasteiger partial charge in [-0.25, -0.2) is 0 Å². The maximum Gasteiger partial charge on any atom is 0.269 e. The van der Waals surface area contributed by atoms with Gasteiger partial charge in [-0.2, -0.15) is 4.98 Å². The van der Waals surface area contributed by atoms with E-state index in [0.717, 1.165) is 23.3 Å². The molecule has 0 aliphatic heterocycles. The van der Waals surface area contributed by atoms with Gasteiger partial charge in [0.1, 0.15) is 4.88 Å². The minimum Gasteiger partial charge on any atom is -0.333 e. The molecular weight excluding hydrogens is 279 g/mol. The van der Waals surface area contributed by atoms with Crippen LogP contribution in [0.15, 0.2) is 9.90 Å². The Labute approximate surface area is 114 Å². The van der Waals surface area contributed by atoms with Crippen LogP contribution in [-0.4, -0.2) is 10.1 Å². The van der Waals surface area contributed by atoms with Crippen molar-refractivity contribution in [2.24, 2.45) is 0 Å². The van der Waals surface area contributed by atoms with Crippen molar-refractivity contribution in [3.05, 3.63) is 21.8 Å². The first kappa shape index (κ1) is 12.9. The summed E-state index contributed by atoms with van der Waals surface area (Å²) in [5.41, 5.74) is 1.02. The fourth-order valence-electron chi connectivity index (χ4n) is 1.41. The van der Waals surface area contributed by atoms with E-state index in [9.17, 15) is 0 Å². The molecule has 17 heavy (non-hydrogen) atoms. The molecule has 1 atom stereocenters. The summed E-state index contributed by atoms with van der Waals surface area (Å²) in [5, 5.41) is 6.33. The molecule has 2 rings (SSSR count). The van der Waals surface area contributed by atoms with Gasteiger partial charge in [-0.15, -0.1) is 22.9 Å². The van der Waals surface area contributed by atoms with Crippen molar-refractivity contribution in [1.29, 1.82) is 0 Å². The highest BCUT2D eigenvalue weighted by Gasteiger charge is 2.19. The number of hydrogen-bond donors (Lipinski definition) is 0. The molecule has 3 nitrogen and oxygen atoms in total. The molecule has 0 spiro atoms. The van der Waals surface area contributed by atoms with Gasteiger partial charge in [0.2, 0.25) is 0 Å². The third-order valence-electron chi connectivity index (χ3n) is 2.36. The predicted octanol–water partition coefficient (Wildman–Crippen LogP) is 4.84.